The van der Waals surface area contributed by atoms with Gasteiger partial charge >= 0.3 is 6.03 Å². The number of fused-ring (bicyclic) bond motifs is 1. The summed E-state index contributed by atoms with van der Waals surface area (Å²) in [4.78, 5) is 57.8. The van der Waals surface area contributed by atoms with Crippen molar-refractivity contribution in [1.82, 2.24) is 10.2 Å². The van der Waals surface area contributed by atoms with Crippen molar-refractivity contribution < 1.29 is 19.2 Å². The van der Waals surface area contributed by atoms with E-state index in [1.54, 1.807) is 46.2 Å². The number of carbonyl (C=O) groups is 4. The zero-order valence-electron chi connectivity index (χ0n) is 17.1. The van der Waals surface area contributed by atoms with Gasteiger partial charge in [0, 0.05) is 43.0 Å². The molecular weight excluding hydrogens is 410 g/mol. The fraction of sp³-hybridized carbons (Fsp3) is 0.261. The molecule has 0 spiro atoms. The summed E-state index contributed by atoms with van der Waals surface area (Å²) >= 11 is 0. The van der Waals surface area contributed by atoms with Crippen LogP contribution in [0.15, 0.2) is 42.5 Å². The third-order valence-electron chi connectivity index (χ3n) is 6.10. The van der Waals surface area contributed by atoms with Crippen LogP contribution < -0.4 is 15.1 Å². The van der Waals surface area contributed by atoms with Crippen LogP contribution in [0, 0.1) is 6.57 Å². The first-order valence-corrected chi connectivity index (χ1v) is 10.3. The van der Waals surface area contributed by atoms with E-state index >= 15 is 0 Å². The first-order valence-electron chi connectivity index (χ1n) is 10.3. The number of hydrogen-bond acceptors (Lipinski definition) is 4. The SMILES string of the molecule is [C-]#[N+]c1cccc(N2CCN(c3ccc4c(c3)CN(C3CCC(=O)NC3=O)C4=O)C2=O)c1. The normalized spacial score (nSPS) is 20.5. The molecule has 2 aromatic carbocycles. The van der Waals surface area contributed by atoms with E-state index in [0.29, 0.717) is 42.1 Å². The first-order chi connectivity index (χ1) is 15.5. The smallest absolute Gasteiger partial charge is 0.322 e. The van der Waals surface area contributed by atoms with Crippen molar-refractivity contribution in [3.63, 3.8) is 0 Å². The Morgan fingerprint density at radius 2 is 1.72 bits per heavy atom. The molecule has 1 unspecified atom stereocenters. The molecule has 0 aliphatic carbocycles. The molecule has 32 heavy (non-hydrogen) atoms. The van der Waals surface area contributed by atoms with Crippen LogP contribution >= 0.6 is 0 Å². The summed E-state index contributed by atoms with van der Waals surface area (Å²) < 4.78 is 0. The maximum atomic E-state index is 13.1. The van der Waals surface area contributed by atoms with Crippen LogP contribution in [0.1, 0.15) is 28.8 Å². The highest BCUT2D eigenvalue weighted by Gasteiger charge is 2.40. The van der Waals surface area contributed by atoms with E-state index in [2.05, 4.69) is 10.2 Å². The van der Waals surface area contributed by atoms with Gasteiger partial charge in [-0.05, 0) is 42.3 Å². The Kier molecular flexibility index (Phi) is 4.63. The second kappa shape index (κ2) is 7.50. The quantitative estimate of drug-likeness (QED) is 0.599. The van der Waals surface area contributed by atoms with Gasteiger partial charge in [-0.25, -0.2) is 9.64 Å². The number of benzene rings is 2. The summed E-state index contributed by atoms with van der Waals surface area (Å²) in [5, 5.41) is 2.30. The van der Waals surface area contributed by atoms with Crippen molar-refractivity contribution in [2.45, 2.75) is 25.4 Å². The molecule has 1 atom stereocenters. The number of anilines is 2. The van der Waals surface area contributed by atoms with E-state index in [4.69, 9.17) is 6.57 Å². The van der Waals surface area contributed by atoms with E-state index < -0.39 is 11.9 Å². The van der Waals surface area contributed by atoms with Gasteiger partial charge < -0.3 is 4.90 Å². The highest BCUT2D eigenvalue weighted by Crippen LogP contribution is 2.33. The number of rotatable bonds is 3. The van der Waals surface area contributed by atoms with Crippen LogP contribution in [-0.2, 0) is 16.1 Å². The van der Waals surface area contributed by atoms with E-state index in [1.807, 2.05) is 6.07 Å². The Bertz CT molecular complexity index is 1220. The molecule has 3 heterocycles. The topological polar surface area (TPSA) is 94.4 Å². The minimum Gasteiger partial charge on any atom is -0.322 e. The number of urea groups is 1. The van der Waals surface area contributed by atoms with Crippen molar-refractivity contribution in [2.75, 3.05) is 22.9 Å². The first kappa shape index (κ1) is 19.8. The van der Waals surface area contributed by atoms with Crippen molar-refractivity contribution in [3.8, 4) is 0 Å². The number of imide groups is 1. The lowest BCUT2D eigenvalue weighted by atomic mass is 10.0. The standard InChI is InChI=1S/C23H19N5O4/c1-24-15-3-2-4-16(12-15)26-9-10-27(23(26)32)17-5-6-18-14(11-17)13-28(22(18)31)19-7-8-20(29)25-21(19)30/h2-6,11-12,19H,7-10,13H2,(H,25,29,30). The third-order valence-corrected chi connectivity index (χ3v) is 6.10. The molecule has 0 saturated carbocycles. The van der Waals surface area contributed by atoms with Gasteiger partial charge in [0.1, 0.15) is 6.04 Å². The summed E-state index contributed by atoms with van der Waals surface area (Å²) in [5.74, 6) is -1.02. The molecule has 3 aliphatic heterocycles. The predicted molar refractivity (Wildman–Crippen MR) is 115 cm³/mol. The van der Waals surface area contributed by atoms with Crippen LogP contribution in [0.25, 0.3) is 4.85 Å². The molecule has 5 rings (SSSR count). The number of nitrogens with zero attached hydrogens (tertiary/aromatic N) is 4. The van der Waals surface area contributed by atoms with Gasteiger partial charge in [0.05, 0.1) is 6.57 Å². The van der Waals surface area contributed by atoms with E-state index in [0.717, 1.165) is 5.56 Å². The molecule has 5 amide bonds. The lowest BCUT2D eigenvalue weighted by Gasteiger charge is -2.29. The fourth-order valence-corrected chi connectivity index (χ4v) is 4.48. The highest BCUT2D eigenvalue weighted by molar-refractivity contribution is 6.08. The molecular formula is C23H19N5O4. The van der Waals surface area contributed by atoms with Crippen LogP contribution in [0.2, 0.25) is 0 Å². The van der Waals surface area contributed by atoms with Crippen LogP contribution in [0.3, 0.4) is 0 Å². The molecule has 0 aromatic heterocycles. The average Bonchev–Trinajstić information content (AvgIpc) is 3.33. The summed E-state index contributed by atoms with van der Waals surface area (Å²) in [7, 11) is 0. The third kappa shape index (κ3) is 3.17. The van der Waals surface area contributed by atoms with E-state index in [9.17, 15) is 19.2 Å². The second-order valence-electron chi connectivity index (χ2n) is 7.96. The Hall–Kier alpha value is -4.19. The summed E-state index contributed by atoms with van der Waals surface area (Å²) in [6, 6.07) is 11.3. The Labute approximate surface area is 184 Å². The molecule has 1 N–H and O–H groups in total. The zero-order valence-corrected chi connectivity index (χ0v) is 17.1. The van der Waals surface area contributed by atoms with Crippen molar-refractivity contribution in [2.24, 2.45) is 0 Å². The van der Waals surface area contributed by atoms with Gasteiger partial charge in [-0.15, -0.1) is 0 Å². The molecule has 2 aromatic rings. The molecule has 0 bridgehead atoms. The van der Waals surface area contributed by atoms with E-state index in [-0.39, 0.29) is 30.8 Å². The fourth-order valence-electron chi connectivity index (χ4n) is 4.48. The summed E-state index contributed by atoms with van der Waals surface area (Å²) in [6.45, 7) is 8.39. The average molecular weight is 429 g/mol. The lowest BCUT2D eigenvalue weighted by Crippen LogP contribution is -2.52. The molecule has 9 nitrogen and oxygen atoms in total. The lowest BCUT2D eigenvalue weighted by molar-refractivity contribution is -0.136. The Morgan fingerprint density at radius 1 is 0.969 bits per heavy atom. The summed E-state index contributed by atoms with van der Waals surface area (Å²) in [5.41, 5.74) is 3.07. The molecule has 2 fully saturated rings. The zero-order chi connectivity index (χ0) is 22.4. The largest absolute Gasteiger partial charge is 0.329 e. The maximum absolute atomic E-state index is 13.1. The van der Waals surface area contributed by atoms with E-state index in [1.165, 1.54) is 4.90 Å². The van der Waals surface area contributed by atoms with Gasteiger partial charge in [0.2, 0.25) is 11.8 Å². The number of amides is 5. The van der Waals surface area contributed by atoms with Gasteiger partial charge in [0.15, 0.2) is 5.69 Å². The van der Waals surface area contributed by atoms with Crippen LogP contribution in [0.4, 0.5) is 21.9 Å². The molecule has 3 aliphatic rings. The van der Waals surface area contributed by atoms with Gasteiger partial charge in [0.25, 0.3) is 5.91 Å². The van der Waals surface area contributed by atoms with Crippen molar-refractivity contribution >= 4 is 40.8 Å². The number of piperidine rings is 1. The maximum Gasteiger partial charge on any atom is 0.329 e. The monoisotopic (exact) mass is 429 g/mol. The van der Waals surface area contributed by atoms with Crippen molar-refractivity contribution in [3.05, 3.63) is 65.0 Å². The number of hydrogen-bond donors (Lipinski definition) is 1. The second-order valence-corrected chi connectivity index (χ2v) is 7.96. The summed E-state index contributed by atoms with van der Waals surface area (Å²) in [6.07, 6.45) is 0.509. The number of carbonyl (C=O) groups excluding carboxylic acids is 4. The van der Waals surface area contributed by atoms with Crippen LogP contribution in [-0.4, -0.2) is 47.8 Å². The molecule has 2 saturated heterocycles. The molecule has 0 radical (unpaired) electrons. The number of nitrogens with one attached hydrogen (secondary N) is 1. The van der Waals surface area contributed by atoms with Gasteiger partial charge in [-0.2, -0.15) is 0 Å². The Balaban J connectivity index is 1.36. The van der Waals surface area contributed by atoms with Gasteiger partial charge in [-0.1, -0.05) is 12.1 Å². The minimum absolute atomic E-state index is 0.196. The molecule has 9 heteroatoms. The van der Waals surface area contributed by atoms with Crippen molar-refractivity contribution in [1.29, 1.82) is 0 Å². The van der Waals surface area contributed by atoms with Gasteiger partial charge in [-0.3, -0.25) is 29.5 Å². The molecule has 160 valence electrons. The van der Waals surface area contributed by atoms with Crippen LogP contribution in [0.5, 0.6) is 0 Å². The highest BCUT2D eigenvalue weighted by atomic mass is 16.2. The Morgan fingerprint density at radius 3 is 2.44 bits per heavy atom. The minimum atomic E-state index is -0.672. The predicted octanol–water partition coefficient (Wildman–Crippen LogP) is 2.44.